The van der Waals surface area contributed by atoms with Gasteiger partial charge in [0, 0.05) is 13.1 Å². The van der Waals surface area contributed by atoms with E-state index in [0.29, 0.717) is 31.6 Å². The highest BCUT2D eigenvalue weighted by Gasteiger charge is 2.34. The highest BCUT2D eigenvalue weighted by molar-refractivity contribution is 7.89. The second-order valence-corrected chi connectivity index (χ2v) is 9.40. The summed E-state index contributed by atoms with van der Waals surface area (Å²) in [5, 5.41) is 0. The Bertz CT molecular complexity index is 795. The molecule has 0 spiro atoms. The summed E-state index contributed by atoms with van der Waals surface area (Å²) in [5.41, 5.74) is 0. The molecule has 1 amide bonds. The number of piperazine rings is 1. The third-order valence-electron chi connectivity index (χ3n) is 5.35. The van der Waals surface area contributed by atoms with E-state index in [2.05, 4.69) is 6.92 Å². The van der Waals surface area contributed by atoms with Gasteiger partial charge in [-0.3, -0.25) is 4.79 Å². The molecule has 150 valence electrons. The molecule has 0 unspecified atom stereocenters. The van der Waals surface area contributed by atoms with Crippen LogP contribution >= 0.6 is 0 Å². The average Bonchev–Trinajstić information content (AvgIpc) is 2.64. The predicted octanol–water partition coefficient (Wildman–Crippen LogP) is 0.113. The Hall–Kier alpha value is -1.58. The third kappa shape index (κ3) is 4.64. The average molecular weight is 402 g/mol. The Kier molecular flexibility index (Phi) is 6.12. The normalized spacial score (nSPS) is 22.8. The molecule has 2 aliphatic heterocycles. The van der Waals surface area contributed by atoms with E-state index in [1.54, 1.807) is 0 Å². The maximum Gasteiger partial charge on any atom is 0.277 e. The van der Waals surface area contributed by atoms with Gasteiger partial charge in [-0.25, -0.2) is 17.2 Å². The lowest BCUT2D eigenvalue weighted by atomic mass is 10.0. The third-order valence-corrected chi connectivity index (χ3v) is 7.27. The van der Waals surface area contributed by atoms with Crippen LogP contribution < -0.4 is 4.90 Å². The highest BCUT2D eigenvalue weighted by atomic mass is 32.2. The number of hydrogen-bond acceptors (Lipinski definition) is 3. The number of carbonyl (C=O) groups excluding carboxylic acids is 1. The van der Waals surface area contributed by atoms with E-state index < -0.39 is 26.6 Å². The van der Waals surface area contributed by atoms with Crippen molar-refractivity contribution in [3.63, 3.8) is 0 Å². The number of amides is 1. The van der Waals surface area contributed by atoms with E-state index >= 15 is 0 Å². The van der Waals surface area contributed by atoms with Gasteiger partial charge in [-0.15, -0.1) is 0 Å². The molecule has 0 saturated carbocycles. The van der Waals surface area contributed by atoms with E-state index in [1.807, 2.05) is 4.90 Å². The van der Waals surface area contributed by atoms with Gasteiger partial charge >= 0.3 is 0 Å². The number of rotatable bonds is 4. The molecule has 1 aromatic carbocycles. The SMILES string of the molecule is C[C@H]1CCCN(C(=O)C[NH+]2CCN(S(=O)(=O)c3cc(F)ccc3F)CC2)C1. The van der Waals surface area contributed by atoms with Gasteiger partial charge in [0.15, 0.2) is 6.54 Å². The van der Waals surface area contributed by atoms with Gasteiger partial charge < -0.3 is 9.80 Å². The predicted molar refractivity (Wildman–Crippen MR) is 95.7 cm³/mol. The Balaban J connectivity index is 1.58. The molecule has 1 atom stereocenters. The van der Waals surface area contributed by atoms with Crippen LogP contribution in [0.5, 0.6) is 0 Å². The van der Waals surface area contributed by atoms with Gasteiger partial charge in [0.1, 0.15) is 16.5 Å². The molecule has 2 aliphatic rings. The minimum atomic E-state index is -4.09. The van der Waals surface area contributed by atoms with Crippen LogP contribution in [0.25, 0.3) is 0 Å². The van der Waals surface area contributed by atoms with Crippen LogP contribution in [0.2, 0.25) is 0 Å². The van der Waals surface area contributed by atoms with Crippen molar-refractivity contribution in [1.82, 2.24) is 9.21 Å². The van der Waals surface area contributed by atoms with Crippen molar-refractivity contribution < 1.29 is 26.9 Å². The summed E-state index contributed by atoms with van der Waals surface area (Å²) in [6.07, 6.45) is 2.16. The molecule has 2 saturated heterocycles. The number of hydrogen-bond donors (Lipinski definition) is 1. The van der Waals surface area contributed by atoms with Crippen LogP contribution in [0.3, 0.4) is 0 Å². The Morgan fingerprint density at radius 3 is 2.59 bits per heavy atom. The van der Waals surface area contributed by atoms with Crippen LogP contribution in [0.4, 0.5) is 8.78 Å². The van der Waals surface area contributed by atoms with Crippen LogP contribution in [0, 0.1) is 17.6 Å². The van der Waals surface area contributed by atoms with Crippen molar-refractivity contribution in [2.75, 3.05) is 45.8 Å². The fourth-order valence-electron chi connectivity index (χ4n) is 3.78. The van der Waals surface area contributed by atoms with Gasteiger partial charge in [-0.2, -0.15) is 4.31 Å². The second-order valence-electron chi connectivity index (χ2n) is 7.49. The first kappa shape index (κ1) is 20.2. The monoisotopic (exact) mass is 402 g/mol. The molecule has 27 heavy (non-hydrogen) atoms. The number of likely N-dealkylation sites (tertiary alicyclic amines) is 1. The number of quaternary nitrogens is 1. The van der Waals surface area contributed by atoms with Crippen molar-refractivity contribution in [3.05, 3.63) is 29.8 Å². The molecule has 0 aromatic heterocycles. The maximum atomic E-state index is 13.9. The Morgan fingerprint density at radius 2 is 1.93 bits per heavy atom. The minimum absolute atomic E-state index is 0.101. The van der Waals surface area contributed by atoms with Gasteiger partial charge in [0.25, 0.3) is 5.91 Å². The first-order chi connectivity index (χ1) is 12.8. The van der Waals surface area contributed by atoms with Crippen LogP contribution in [0.1, 0.15) is 19.8 Å². The zero-order valence-electron chi connectivity index (χ0n) is 15.5. The number of piperidine rings is 1. The lowest BCUT2D eigenvalue weighted by Gasteiger charge is -2.34. The van der Waals surface area contributed by atoms with Crippen molar-refractivity contribution in [3.8, 4) is 0 Å². The van der Waals surface area contributed by atoms with Crippen LogP contribution in [0.15, 0.2) is 23.1 Å². The molecule has 2 fully saturated rings. The van der Waals surface area contributed by atoms with Crippen molar-refractivity contribution in [2.45, 2.75) is 24.7 Å². The fraction of sp³-hybridized carbons (Fsp3) is 0.611. The fourth-order valence-corrected chi connectivity index (χ4v) is 5.29. The molecule has 9 heteroatoms. The molecule has 0 aliphatic carbocycles. The van der Waals surface area contributed by atoms with Crippen molar-refractivity contribution in [2.24, 2.45) is 5.92 Å². The number of sulfonamides is 1. The molecule has 3 rings (SSSR count). The summed E-state index contributed by atoms with van der Waals surface area (Å²) in [7, 11) is -4.09. The van der Waals surface area contributed by atoms with Gasteiger partial charge in [-0.05, 0) is 37.0 Å². The largest absolute Gasteiger partial charge is 0.338 e. The summed E-state index contributed by atoms with van der Waals surface area (Å²) >= 11 is 0. The zero-order chi connectivity index (χ0) is 19.6. The Labute approximate surface area is 158 Å². The standard InChI is InChI=1S/C18H25F2N3O3S/c1-14-3-2-6-22(12-14)18(24)13-21-7-9-23(10-8-21)27(25,26)17-11-15(19)4-5-16(17)20/h4-5,11,14H,2-3,6-10,12-13H2,1H3/p+1/t14-/m0/s1. The molecule has 1 aromatic rings. The van der Waals surface area contributed by atoms with E-state index in [9.17, 15) is 22.0 Å². The zero-order valence-corrected chi connectivity index (χ0v) is 16.3. The summed E-state index contributed by atoms with van der Waals surface area (Å²) < 4.78 is 53.6. The topological polar surface area (TPSA) is 62.1 Å². The number of carbonyl (C=O) groups is 1. The van der Waals surface area contributed by atoms with Crippen LogP contribution in [-0.2, 0) is 14.8 Å². The summed E-state index contributed by atoms with van der Waals surface area (Å²) in [6, 6.07) is 2.43. The lowest BCUT2D eigenvalue weighted by molar-refractivity contribution is -0.896. The number of nitrogens with one attached hydrogen (secondary N) is 1. The number of benzene rings is 1. The molecule has 6 nitrogen and oxygen atoms in total. The van der Waals surface area contributed by atoms with E-state index in [-0.39, 0.29) is 19.0 Å². The first-order valence-corrected chi connectivity index (χ1v) is 10.8. The highest BCUT2D eigenvalue weighted by Crippen LogP contribution is 2.20. The molecular weight excluding hydrogens is 376 g/mol. The summed E-state index contributed by atoms with van der Waals surface area (Å²) in [5.74, 6) is -1.13. The lowest BCUT2D eigenvalue weighted by Crippen LogP contribution is -3.15. The summed E-state index contributed by atoms with van der Waals surface area (Å²) in [4.78, 5) is 14.8. The molecule has 0 radical (unpaired) electrons. The van der Waals surface area contributed by atoms with Crippen LogP contribution in [-0.4, -0.2) is 69.3 Å². The number of halogens is 2. The van der Waals surface area contributed by atoms with Crippen molar-refractivity contribution >= 4 is 15.9 Å². The van der Waals surface area contributed by atoms with E-state index in [4.69, 9.17) is 0 Å². The molecular formula is C18H26F2N3O3S+. The van der Waals surface area contributed by atoms with Gasteiger partial charge in [-0.1, -0.05) is 6.92 Å². The smallest absolute Gasteiger partial charge is 0.277 e. The second kappa shape index (κ2) is 8.20. The minimum Gasteiger partial charge on any atom is -0.338 e. The number of nitrogens with zero attached hydrogens (tertiary/aromatic N) is 2. The van der Waals surface area contributed by atoms with Crippen molar-refractivity contribution in [1.29, 1.82) is 0 Å². The molecule has 1 N–H and O–H groups in total. The molecule has 2 heterocycles. The first-order valence-electron chi connectivity index (χ1n) is 9.34. The molecule has 0 bridgehead atoms. The summed E-state index contributed by atoms with van der Waals surface area (Å²) in [6.45, 7) is 5.34. The Morgan fingerprint density at radius 1 is 1.22 bits per heavy atom. The quantitative estimate of drug-likeness (QED) is 0.778. The van der Waals surface area contributed by atoms with E-state index in [1.165, 1.54) is 4.31 Å². The van der Waals surface area contributed by atoms with Gasteiger partial charge in [0.2, 0.25) is 10.0 Å². The maximum absolute atomic E-state index is 13.9. The van der Waals surface area contributed by atoms with Gasteiger partial charge in [0.05, 0.1) is 26.2 Å². The van der Waals surface area contributed by atoms with E-state index in [0.717, 1.165) is 43.0 Å².